The molecule has 3 N–H and O–H groups in total. The molecule has 2 heterocycles. The normalized spacial score (nSPS) is 22.4. The molecule has 13 heavy (non-hydrogen) atoms. The molecular formula is C8H14N4O. The van der Waals surface area contributed by atoms with Crippen molar-refractivity contribution in [1.29, 1.82) is 0 Å². The molecule has 2 aliphatic rings. The molecule has 0 saturated carbocycles. The van der Waals surface area contributed by atoms with Crippen molar-refractivity contribution in [3.63, 3.8) is 0 Å². The SMILES string of the molecule is CNN1C=C(C2=CCCNC2)ON1. The molecule has 0 spiro atoms. The number of hydrazine groups is 2. The third-order valence-electron chi connectivity index (χ3n) is 2.08. The zero-order valence-corrected chi connectivity index (χ0v) is 7.63. The van der Waals surface area contributed by atoms with E-state index in [-0.39, 0.29) is 0 Å². The van der Waals surface area contributed by atoms with Gasteiger partial charge in [-0.15, -0.1) is 0 Å². The maximum atomic E-state index is 5.26. The monoisotopic (exact) mass is 182 g/mol. The lowest BCUT2D eigenvalue weighted by atomic mass is 10.1. The van der Waals surface area contributed by atoms with Gasteiger partial charge in [-0.25, -0.2) is 10.5 Å². The first-order valence-corrected chi connectivity index (χ1v) is 4.41. The smallest absolute Gasteiger partial charge is 0.172 e. The Balaban J connectivity index is 2.04. The summed E-state index contributed by atoms with van der Waals surface area (Å²) in [6.45, 7) is 1.94. The van der Waals surface area contributed by atoms with E-state index in [0.29, 0.717) is 0 Å². The highest BCUT2D eigenvalue weighted by Gasteiger charge is 2.17. The fourth-order valence-corrected chi connectivity index (χ4v) is 1.36. The highest BCUT2D eigenvalue weighted by Crippen LogP contribution is 2.16. The Labute approximate surface area is 77.3 Å². The van der Waals surface area contributed by atoms with Gasteiger partial charge < -0.3 is 10.2 Å². The molecule has 0 aromatic heterocycles. The average Bonchev–Trinajstić information content (AvgIpc) is 2.67. The van der Waals surface area contributed by atoms with E-state index < -0.39 is 0 Å². The highest BCUT2D eigenvalue weighted by molar-refractivity contribution is 5.28. The van der Waals surface area contributed by atoms with Gasteiger partial charge in [-0.3, -0.25) is 0 Å². The van der Waals surface area contributed by atoms with Gasteiger partial charge in [0.15, 0.2) is 5.76 Å². The van der Waals surface area contributed by atoms with Crippen LogP contribution in [-0.2, 0) is 4.84 Å². The molecule has 0 unspecified atom stereocenters. The summed E-state index contributed by atoms with van der Waals surface area (Å²) in [6, 6.07) is 0. The van der Waals surface area contributed by atoms with Gasteiger partial charge in [-0.1, -0.05) is 11.7 Å². The summed E-state index contributed by atoms with van der Waals surface area (Å²) < 4.78 is 0. The van der Waals surface area contributed by atoms with Crippen molar-refractivity contribution >= 4 is 0 Å². The Bertz CT molecular complexity index is 249. The first-order valence-electron chi connectivity index (χ1n) is 4.41. The summed E-state index contributed by atoms with van der Waals surface area (Å²) in [7, 11) is 1.82. The zero-order chi connectivity index (χ0) is 9.10. The van der Waals surface area contributed by atoms with Crippen LogP contribution in [0.3, 0.4) is 0 Å². The summed E-state index contributed by atoms with van der Waals surface area (Å²) >= 11 is 0. The van der Waals surface area contributed by atoms with E-state index in [1.54, 1.807) is 5.12 Å². The average molecular weight is 182 g/mol. The van der Waals surface area contributed by atoms with E-state index in [2.05, 4.69) is 22.4 Å². The van der Waals surface area contributed by atoms with E-state index >= 15 is 0 Å². The fraction of sp³-hybridized carbons (Fsp3) is 0.500. The van der Waals surface area contributed by atoms with Crippen LogP contribution in [0, 0.1) is 0 Å². The minimum Gasteiger partial charge on any atom is -0.386 e. The van der Waals surface area contributed by atoms with Gasteiger partial charge in [-0.05, 0) is 13.0 Å². The van der Waals surface area contributed by atoms with Gasteiger partial charge in [-0.2, -0.15) is 0 Å². The molecule has 72 valence electrons. The maximum Gasteiger partial charge on any atom is 0.172 e. The lowest BCUT2D eigenvalue weighted by Crippen LogP contribution is -2.37. The van der Waals surface area contributed by atoms with Crippen LogP contribution in [-0.4, -0.2) is 25.3 Å². The van der Waals surface area contributed by atoms with Crippen molar-refractivity contribution in [3.8, 4) is 0 Å². The lowest BCUT2D eigenvalue weighted by molar-refractivity contribution is 0.000999. The van der Waals surface area contributed by atoms with Gasteiger partial charge >= 0.3 is 0 Å². The second-order valence-corrected chi connectivity index (χ2v) is 2.98. The molecule has 0 aromatic carbocycles. The minimum absolute atomic E-state index is 0.876. The predicted molar refractivity (Wildman–Crippen MR) is 48.8 cm³/mol. The maximum absolute atomic E-state index is 5.26. The Morgan fingerprint density at radius 2 is 2.54 bits per heavy atom. The van der Waals surface area contributed by atoms with E-state index in [1.165, 1.54) is 5.57 Å². The standard InChI is InChI=1S/C8H14N4O/c1-9-12-6-8(13-11-12)7-3-2-4-10-5-7/h3,6,9-11H,2,4-5H2,1H3. The van der Waals surface area contributed by atoms with Crippen LogP contribution < -0.4 is 16.3 Å². The quantitative estimate of drug-likeness (QED) is 0.544. The van der Waals surface area contributed by atoms with Crippen molar-refractivity contribution in [2.75, 3.05) is 20.1 Å². The molecule has 0 atom stereocenters. The summed E-state index contributed by atoms with van der Waals surface area (Å²) in [6.07, 6.45) is 5.15. The van der Waals surface area contributed by atoms with E-state index in [9.17, 15) is 0 Å². The summed E-state index contributed by atoms with van der Waals surface area (Å²) in [4.78, 5) is 5.26. The van der Waals surface area contributed by atoms with E-state index in [1.807, 2.05) is 13.2 Å². The van der Waals surface area contributed by atoms with Crippen LogP contribution in [0.5, 0.6) is 0 Å². The number of nitrogens with one attached hydrogen (secondary N) is 3. The molecule has 0 aromatic rings. The number of hydrogen-bond donors (Lipinski definition) is 3. The Hall–Kier alpha value is -1.04. The molecule has 0 fully saturated rings. The molecule has 0 radical (unpaired) electrons. The molecule has 0 bridgehead atoms. The zero-order valence-electron chi connectivity index (χ0n) is 7.63. The van der Waals surface area contributed by atoms with Crippen LogP contribution in [0.15, 0.2) is 23.6 Å². The molecule has 0 aliphatic carbocycles. The Morgan fingerprint density at radius 3 is 3.15 bits per heavy atom. The molecule has 0 saturated heterocycles. The van der Waals surface area contributed by atoms with E-state index in [4.69, 9.17) is 4.84 Å². The van der Waals surface area contributed by atoms with E-state index in [0.717, 1.165) is 25.3 Å². The number of rotatable bonds is 2. The van der Waals surface area contributed by atoms with Gasteiger partial charge in [0.25, 0.3) is 0 Å². The molecule has 2 rings (SSSR count). The van der Waals surface area contributed by atoms with Gasteiger partial charge in [0, 0.05) is 19.2 Å². The van der Waals surface area contributed by atoms with Gasteiger partial charge in [0.2, 0.25) is 0 Å². The molecule has 5 heteroatoms. The van der Waals surface area contributed by atoms with Crippen LogP contribution >= 0.6 is 0 Å². The minimum atomic E-state index is 0.876. The summed E-state index contributed by atoms with van der Waals surface area (Å²) in [5.74, 6) is 0.876. The second kappa shape index (κ2) is 3.78. The molecular weight excluding hydrogens is 168 g/mol. The summed E-state index contributed by atoms with van der Waals surface area (Å²) in [5.41, 5.74) is 6.83. The lowest BCUT2D eigenvalue weighted by Gasteiger charge is -2.13. The van der Waals surface area contributed by atoms with Crippen LogP contribution in [0.1, 0.15) is 6.42 Å². The predicted octanol–water partition coefficient (Wildman–Crippen LogP) is -0.366. The van der Waals surface area contributed by atoms with Crippen molar-refractivity contribution in [2.24, 2.45) is 0 Å². The van der Waals surface area contributed by atoms with Crippen LogP contribution in [0.4, 0.5) is 0 Å². The first-order chi connectivity index (χ1) is 6.40. The number of nitrogens with zero attached hydrogens (tertiary/aromatic N) is 1. The topological polar surface area (TPSA) is 48.6 Å². The van der Waals surface area contributed by atoms with Crippen LogP contribution in [0.2, 0.25) is 0 Å². The molecule has 5 nitrogen and oxygen atoms in total. The Kier molecular flexibility index (Phi) is 2.49. The van der Waals surface area contributed by atoms with Crippen molar-refractivity contribution < 1.29 is 4.84 Å². The third kappa shape index (κ3) is 1.82. The summed E-state index contributed by atoms with van der Waals surface area (Å²) in [5, 5.41) is 4.96. The third-order valence-corrected chi connectivity index (χ3v) is 2.08. The Morgan fingerprint density at radius 1 is 1.62 bits per heavy atom. The van der Waals surface area contributed by atoms with Gasteiger partial charge in [0.05, 0.1) is 6.20 Å². The highest BCUT2D eigenvalue weighted by atomic mass is 16.7. The van der Waals surface area contributed by atoms with Crippen molar-refractivity contribution in [3.05, 3.63) is 23.6 Å². The van der Waals surface area contributed by atoms with Crippen molar-refractivity contribution in [2.45, 2.75) is 6.42 Å². The van der Waals surface area contributed by atoms with Crippen LogP contribution in [0.25, 0.3) is 0 Å². The van der Waals surface area contributed by atoms with Crippen molar-refractivity contribution in [1.82, 2.24) is 21.4 Å². The first kappa shape index (κ1) is 8.55. The molecule has 0 amide bonds. The number of hydrogen-bond acceptors (Lipinski definition) is 5. The second-order valence-electron chi connectivity index (χ2n) is 2.98. The van der Waals surface area contributed by atoms with Gasteiger partial charge in [0.1, 0.15) is 0 Å². The molecule has 2 aliphatic heterocycles. The fourth-order valence-electron chi connectivity index (χ4n) is 1.36. The largest absolute Gasteiger partial charge is 0.386 e.